The van der Waals surface area contributed by atoms with Gasteiger partial charge < -0.3 is 10.1 Å². The van der Waals surface area contributed by atoms with E-state index in [9.17, 15) is 4.79 Å². The summed E-state index contributed by atoms with van der Waals surface area (Å²) in [6, 6.07) is 15.6. The molecule has 0 bridgehead atoms. The van der Waals surface area contributed by atoms with E-state index in [-0.39, 0.29) is 11.7 Å². The number of fused-ring (bicyclic) bond motifs is 1. The van der Waals surface area contributed by atoms with Crippen molar-refractivity contribution < 1.29 is 9.53 Å². The van der Waals surface area contributed by atoms with Gasteiger partial charge in [0.15, 0.2) is 0 Å². The van der Waals surface area contributed by atoms with Crippen molar-refractivity contribution in [3.63, 3.8) is 0 Å². The minimum atomic E-state index is -0.136. The molecule has 4 rings (SSSR count). The lowest BCUT2D eigenvalue weighted by atomic mass is 9.99. The van der Waals surface area contributed by atoms with Crippen LogP contribution in [0.15, 0.2) is 53.7 Å². The Balaban J connectivity index is 1.49. The van der Waals surface area contributed by atoms with Crippen molar-refractivity contribution in [2.45, 2.75) is 32.3 Å². The third-order valence-corrected chi connectivity index (χ3v) is 6.18. The number of carbonyl (C=O) groups excluding carboxylic acids is 1. The van der Waals surface area contributed by atoms with E-state index in [2.05, 4.69) is 45.5 Å². The lowest BCUT2D eigenvalue weighted by Crippen LogP contribution is -2.14. The maximum Gasteiger partial charge on any atom is 0.253 e. The number of nitrogens with one attached hydrogen (secondary N) is 1. The van der Waals surface area contributed by atoms with Crippen LogP contribution in [-0.2, 0) is 11.2 Å². The highest BCUT2D eigenvalue weighted by molar-refractivity contribution is 7.99. The molecule has 164 valence electrons. The van der Waals surface area contributed by atoms with Crippen LogP contribution < -0.4 is 10.1 Å². The molecule has 0 unspecified atom stereocenters. The molecule has 2 aromatic heterocycles. The smallest absolute Gasteiger partial charge is 0.253 e. The van der Waals surface area contributed by atoms with Gasteiger partial charge in [-0.3, -0.25) is 4.79 Å². The molecule has 7 nitrogen and oxygen atoms in total. The molecular formula is C24H25N5O2S. The van der Waals surface area contributed by atoms with Gasteiger partial charge in [-0.15, -0.1) is 5.10 Å². The van der Waals surface area contributed by atoms with Gasteiger partial charge in [-0.05, 0) is 49.6 Å². The Labute approximate surface area is 191 Å². The van der Waals surface area contributed by atoms with Crippen molar-refractivity contribution in [1.82, 2.24) is 19.6 Å². The van der Waals surface area contributed by atoms with Crippen molar-refractivity contribution >= 4 is 29.1 Å². The molecule has 8 heteroatoms. The fourth-order valence-corrected chi connectivity index (χ4v) is 4.15. The van der Waals surface area contributed by atoms with E-state index in [1.165, 1.54) is 22.9 Å². The number of rotatable bonds is 7. The van der Waals surface area contributed by atoms with E-state index in [1.54, 1.807) is 17.7 Å². The molecule has 2 heterocycles. The normalized spacial score (nSPS) is 11.0. The summed E-state index contributed by atoms with van der Waals surface area (Å²) < 4.78 is 6.95. The maximum atomic E-state index is 12.4. The van der Waals surface area contributed by atoms with Gasteiger partial charge in [-0.1, -0.05) is 42.1 Å². The average molecular weight is 448 g/mol. The summed E-state index contributed by atoms with van der Waals surface area (Å²) in [6.45, 7) is 6.16. The molecule has 0 fully saturated rings. The predicted molar refractivity (Wildman–Crippen MR) is 127 cm³/mol. The van der Waals surface area contributed by atoms with Crippen molar-refractivity contribution in [3.05, 3.63) is 76.6 Å². The Kier molecular flexibility index (Phi) is 6.41. The number of carbonyl (C=O) groups is 1. The number of thioether (sulfide) groups is 1. The van der Waals surface area contributed by atoms with Crippen LogP contribution in [0.3, 0.4) is 0 Å². The van der Waals surface area contributed by atoms with Crippen LogP contribution in [0.4, 0.5) is 5.69 Å². The average Bonchev–Trinajstić information content (AvgIpc) is 3.19. The second-order valence-electron chi connectivity index (χ2n) is 7.54. The zero-order valence-corrected chi connectivity index (χ0v) is 19.4. The summed E-state index contributed by atoms with van der Waals surface area (Å²) >= 11 is 1.28. The molecule has 0 radical (unpaired) electrons. The van der Waals surface area contributed by atoms with Gasteiger partial charge in [0, 0.05) is 29.6 Å². The highest BCUT2D eigenvalue weighted by Crippen LogP contribution is 2.22. The molecule has 0 saturated carbocycles. The SMILES string of the molecule is COc1cccc(NC(=O)CSc2nc3nc(C)c(Cc4ccccc4C)c(C)n3n2)c1. The molecule has 2 aromatic carbocycles. The van der Waals surface area contributed by atoms with Crippen LogP contribution in [0.2, 0.25) is 0 Å². The molecule has 4 aromatic rings. The van der Waals surface area contributed by atoms with Crippen LogP contribution in [0.1, 0.15) is 28.1 Å². The third kappa shape index (κ3) is 4.75. The van der Waals surface area contributed by atoms with Crippen LogP contribution in [-0.4, -0.2) is 38.4 Å². The number of aryl methyl sites for hydroxylation is 3. The lowest BCUT2D eigenvalue weighted by molar-refractivity contribution is -0.113. The summed E-state index contributed by atoms with van der Waals surface area (Å²) in [5.74, 6) is 1.30. The number of anilines is 1. The Morgan fingerprint density at radius 3 is 2.69 bits per heavy atom. The Morgan fingerprint density at radius 1 is 1.09 bits per heavy atom. The van der Waals surface area contributed by atoms with Crippen molar-refractivity contribution in [3.8, 4) is 5.75 Å². The molecule has 0 aliphatic heterocycles. The van der Waals surface area contributed by atoms with E-state index in [0.717, 1.165) is 23.4 Å². The summed E-state index contributed by atoms with van der Waals surface area (Å²) in [5.41, 5.74) is 6.30. The van der Waals surface area contributed by atoms with Crippen LogP contribution in [0.5, 0.6) is 5.75 Å². The Hall–Kier alpha value is -3.39. The third-order valence-electron chi connectivity index (χ3n) is 5.34. The van der Waals surface area contributed by atoms with E-state index in [4.69, 9.17) is 4.74 Å². The van der Waals surface area contributed by atoms with Gasteiger partial charge in [-0.2, -0.15) is 4.98 Å². The van der Waals surface area contributed by atoms with Gasteiger partial charge in [0.1, 0.15) is 5.75 Å². The largest absolute Gasteiger partial charge is 0.497 e. The van der Waals surface area contributed by atoms with E-state index >= 15 is 0 Å². The molecule has 0 saturated heterocycles. The summed E-state index contributed by atoms with van der Waals surface area (Å²) in [4.78, 5) is 21.5. The maximum absolute atomic E-state index is 12.4. The molecule has 32 heavy (non-hydrogen) atoms. The number of amides is 1. The summed E-state index contributed by atoms with van der Waals surface area (Å²) in [6.07, 6.45) is 0.790. The van der Waals surface area contributed by atoms with Gasteiger partial charge in [0.2, 0.25) is 11.1 Å². The summed E-state index contributed by atoms with van der Waals surface area (Å²) in [7, 11) is 1.59. The Morgan fingerprint density at radius 2 is 1.91 bits per heavy atom. The number of hydrogen-bond donors (Lipinski definition) is 1. The number of nitrogens with zero attached hydrogens (tertiary/aromatic N) is 4. The van der Waals surface area contributed by atoms with Gasteiger partial charge in [0.05, 0.1) is 12.9 Å². The lowest BCUT2D eigenvalue weighted by Gasteiger charge is -2.11. The highest BCUT2D eigenvalue weighted by Gasteiger charge is 2.15. The van der Waals surface area contributed by atoms with Crippen molar-refractivity contribution in [1.29, 1.82) is 0 Å². The Bertz CT molecular complexity index is 1280. The number of aromatic nitrogens is 4. The van der Waals surface area contributed by atoms with Crippen LogP contribution in [0.25, 0.3) is 5.78 Å². The quantitative estimate of drug-likeness (QED) is 0.424. The zero-order chi connectivity index (χ0) is 22.7. The molecule has 0 atom stereocenters. The molecule has 0 aliphatic rings. The molecule has 1 N–H and O–H groups in total. The fourth-order valence-electron chi connectivity index (χ4n) is 3.53. The number of hydrogen-bond acceptors (Lipinski definition) is 6. The fraction of sp³-hybridized carbons (Fsp3) is 0.250. The molecule has 1 amide bonds. The van der Waals surface area contributed by atoms with Crippen LogP contribution >= 0.6 is 11.8 Å². The van der Waals surface area contributed by atoms with E-state index < -0.39 is 0 Å². The van der Waals surface area contributed by atoms with Crippen molar-refractivity contribution in [2.75, 3.05) is 18.2 Å². The minimum Gasteiger partial charge on any atom is -0.497 e. The monoisotopic (exact) mass is 447 g/mol. The topological polar surface area (TPSA) is 81.4 Å². The van der Waals surface area contributed by atoms with Crippen LogP contribution in [0, 0.1) is 20.8 Å². The second-order valence-corrected chi connectivity index (χ2v) is 8.48. The first-order chi connectivity index (χ1) is 15.4. The highest BCUT2D eigenvalue weighted by atomic mass is 32.2. The number of ether oxygens (including phenoxy) is 1. The van der Waals surface area contributed by atoms with E-state index in [0.29, 0.717) is 22.4 Å². The second kappa shape index (κ2) is 9.40. The minimum absolute atomic E-state index is 0.136. The predicted octanol–water partition coefficient (Wildman–Crippen LogP) is 4.38. The van der Waals surface area contributed by atoms with Gasteiger partial charge in [0.25, 0.3) is 5.78 Å². The number of benzene rings is 2. The molecular weight excluding hydrogens is 422 g/mol. The van der Waals surface area contributed by atoms with E-state index in [1.807, 2.05) is 38.1 Å². The molecule has 0 aliphatic carbocycles. The first-order valence-electron chi connectivity index (χ1n) is 10.3. The first-order valence-corrected chi connectivity index (χ1v) is 11.3. The standard InChI is InChI=1S/C24H25N5O2S/c1-15-8-5-6-9-18(15)12-21-16(2)25-23-27-24(28-29(23)17(21)3)32-14-22(30)26-19-10-7-11-20(13-19)31-4/h5-11,13H,12,14H2,1-4H3,(H,26,30). The van der Waals surface area contributed by atoms with Gasteiger partial charge in [-0.25, -0.2) is 9.50 Å². The van der Waals surface area contributed by atoms with Gasteiger partial charge >= 0.3 is 0 Å². The number of methoxy groups -OCH3 is 1. The van der Waals surface area contributed by atoms with Crippen molar-refractivity contribution in [2.24, 2.45) is 0 Å². The zero-order valence-electron chi connectivity index (χ0n) is 18.5. The summed E-state index contributed by atoms with van der Waals surface area (Å²) in [5, 5.41) is 7.98. The molecule has 0 spiro atoms. The first kappa shape index (κ1) is 21.8.